The van der Waals surface area contributed by atoms with Gasteiger partial charge in [-0.1, -0.05) is 36.4 Å². The van der Waals surface area contributed by atoms with E-state index in [4.69, 9.17) is 0 Å². The Kier molecular flexibility index (Phi) is 7.34. The molecule has 1 heterocycles. The number of halogens is 3. The fraction of sp³-hybridized carbons (Fsp3) is 0.353. The maximum Gasteiger partial charge on any atom is 0.408 e. The van der Waals surface area contributed by atoms with Gasteiger partial charge in [-0.25, -0.2) is 0 Å². The van der Waals surface area contributed by atoms with Gasteiger partial charge in [0.05, 0.1) is 7.11 Å². The summed E-state index contributed by atoms with van der Waals surface area (Å²) in [7, 11) is 1.17. The molecule has 3 nitrogen and oxygen atoms in total. The zero-order valence-corrected chi connectivity index (χ0v) is 15.1. The largest absolute Gasteiger partial charge is 0.468 e. The lowest BCUT2D eigenvalue weighted by atomic mass is 10.2. The standard InChI is InChI=1S/C17H18F3NO2S2/c1-23-16(22)13(11-24-10-12-6-3-2-4-7-12)21-15(17(18,19)20)14-8-5-9-25-14/h2-9,13,15,21H,10-11H2,1H3/t13-,15?/m0/s1. The van der Waals surface area contributed by atoms with Crippen molar-refractivity contribution in [1.29, 1.82) is 0 Å². The van der Waals surface area contributed by atoms with Crippen molar-refractivity contribution < 1.29 is 22.7 Å². The molecule has 2 rings (SSSR count). The molecule has 136 valence electrons. The molecule has 0 fully saturated rings. The number of carbonyl (C=O) groups is 1. The summed E-state index contributed by atoms with van der Waals surface area (Å²) in [5.41, 5.74) is 1.04. The van der Waals surface area contributed by atoms with Crippen molar-refractivity contribution in [1.82, 2.24) is 5.32 Å². The Morgan fingerprint density at radius 2 is 1.96 bits per heavy atom. The third-order valence-electron chi connectivity index (χ3n) is 3.40. The second-order valence-corrected chi connectivity index (χ2v) is 7.24. The SMILES string of the molecule is COC(=O)[C@H](CSCc1ccccc1)NC(c1cccs1)C(F)(F)F. The van der Waals surface area contributed by atoms with Crippen LogP contribution in [0.5, 0.6) is 0 Å². The van der Waals surface area contributed by atoms with E-state index < -0.39 is 24.2 Å². The number of alkyl halides is 3. The molecule has 0 aliphatic heterocycles. The molecule has 1 unspecified atom stereocenters. The minimum absolute atomic E-state index is 0.120. The van der Waals surface area contributed by atoms with Crippen molar-refractivity contribution in [3.8, 4) is 0 Å². The minimum atomic E-state index is -4.50. The van der Waals surface area contributed by atoms with Gasteiger partial charge in [0.25, 0.3) is 0 Å². The van der Waals surface area contributed by atoms with E-state index in [1.54, 1.807) is 11.4 Å². The van der Waals surface area contributed by atoms with E-state index in [0.29, 0.717) is 5.75 Å². The zero-order chi connectivity index (χ0) is 18.3. The second kappa shape index (κ2) is 9.26. The first-order valence-corrected chi connectivity index (χ1v) is 9.51. The van der Waals surface area contributed by atoms with Crippen LogP contribution in [-0.4, -0.2) is 31.1 Å². The molecular formula is C17H18F3NO2S2. The van der Waals surface area contributed by atoms with Crippen LogP contribution in [-0.2, 0) is 15.3 Å². The molecule has 1 aromatic heterocycles. The normalized spacial score (nSPS) is 14.1. The predicted octanol–water partition coefficient (Wildman–Crippen LogP) is 4.42. The van der Waals surface area contributed by atoms with Crippen LogP contribution in [0, 0.1) is 0 Å². The Hall–Kier alpha value is -1.51. The number of hydrogen-bond acceptors (Lipinski definition) is 5. The molecule has 0 aliphatic carbocycles. The van der Waals surface area contributed by atoms with E-state index >= 15 is 0 Å². The number of methoxy groups -OCH3 is 1. The summed E-state index contributed by atoms with van der Waals surface area (Å²) in [6.07, 6.45) is -4.50. The minimum Gasteiger partial charge on any atom is -0.468 e. The summed E-state index contributed by atoms with van der Waals surface area (Å²) in [6.45, 7) is 0. The van der Waals surface area contributed by atoms with Crippen LogP contribution >= 0.6 is 23.1 Å². The molecule has 0 radical (unpaired) electrons. The molecule has 0 bridgehead atoms. The van der Waals surface area contributed by atoms with E-state index in [9.17, 15) is 18.0 Å². The topological polar surface area (TPSA) is 38.3 Å². The first-order valence-electron chi connectivity index (χ1n) is 7.47. The first kappa shape index (κ1) is 19.8. The Balaban J connectivity index is 2.04. The summed E-state index contributed by atoms with van der Waals surface area (Å²) in [4.78, 5) is 12.0. The highest BCUT2D eigenvalue weighted by Crippen LogP contribution is 2.35. The molecular weight excluding hydrogens is 371 g/mol. The molecule has 2 aromatic rings. The quantitative estimate of drug-likeness (QED) is 0.679. The van der Waals surface area contributed by atoms with Gasteiger partial charge in [0.1, 0.15) is 12.1 Å². The van der Waals surface area contributed by atoms with E-state index in [1.165, 1.54) is 24.9 Å². The van der Waals surface area contributed by atoms with Crippen LogP contribution in [0.15, 0.2) is 47.8 Å². The van der Waals surface area contributed by atoms with Gasteiger partial charge < -0.3 is 4.74 Å². The number of nitrogens with one attached hydrogen (secondary N) is 1. The lowest BCUT2D eigenvalue weighted by Gasteiger charge is -2.25. The molecule has 0 spiro atoms. The molecule has 0 amide bonds. The van der Waals surface area contributed by atoms with Gasteiger partial charge in [0.2, 0.25) is 0 Å². The number of rotatable bonds is 8. The van der Waals surface area contributed by atoms with Gasteiger partial charge in [-0.3, -0.25) is 10.1 Å². The highest BCUT2D eigenvalue weighted by molar-refractivity contribution is 7.98. The van der Waals surface area contributed by atoms with Crippen molar-refractivity contribution in [3.63, 3.8) is 0 Å². The third kappa shape index (κ3) is 6.05. The average molecular weight is 389 g/mol. The van der Waals surface area contributed by atoms with Gasteiger partial charge >= 0.3 is 12.1 Å². The Morgan fingerprint density at radius 3 is 2.52 bits per heavy atom. The lowest BCUT2D eigenvalue weighted by molar-refractivity contribution is -0.162. The van der Waals surface area contributed by atoms with Crippen molar-refractivity contribution in [2.24, 2.45) is 0 Å². The summed E-state index contributed by atoms with van der Waals surface area (Å²) in [6, 6.07) is 9.54. The zero-order valence-electron chi connectivity index (χ0n) is 13.5. The molecule has 0 aliphatic rings. The van der Waals surface area contributed by atoms with E-state index in [0.717, 1.165) is 16.9 Å². The van der Waals surface area contributed by atoms with Crippen LogP contribution in [0.25, 0.3) is 0 Å². The van der Waals surface area contributed by atoms with Crippen LogP contribution in [0.3, 0.4) is 0 Å². The Bertz CT molecular complexity index is 648. The summed E-state index contributed by atoms with van der Waals surface area (Å²) in [5.74, 6) is 0.0805. The number of ether oxygens (including phenoxy) is 1. The van der Waals surface area contributed by atoms with Crippen molar-refractivity contribution in [3.05, 3.63) is 58.3 Å². The smallest absolute Gasteiger partial charge is 0.408 e. The maximum absolute atomic E-state index is 13.4. The molecule has 2 atom stereocenters. The van der Waals surface area contributed by atoms with Gasteiger partial charge in [0, 0.05) is 16.4 Å². The van der Waals surface area contributed by atoms with Gasteiger partial charge in [-0.15, -0.1) is 11.3 Å². The van der Waals surface area contributed by atoms with Crippen LogP contribution < -0.4 is 5.32 Å². The number of esters is 1. The highest BCUT2D eigenvalue weighted by atomic mass is 32.2. The maximum atomic E-state index is 13.4. The van der Waals surface area contributed by atoms with E-state index in [1.807, 2.05) is 30.3 Å². The molecule has 0 saturated heterocycles. The Morgan fingerprint density at radius 1 is 1.24 bits per heavy atom. The second-order valence-electron chi connectivity index (χ2n) is 5.23. The number of benzene rings is 1. The first-order chi connectivity index (χ1) is 11.9. The molecule has 8 heteroatoms. The lowest BCUT2D eigenvalue weighted by Crippen LogP contribution is -2.46. The number of carbonyl (C=O) groups excluding carboxylic acids is 1. The summed E-state index contributed by atoms with van der Waals surface area (Å²) >= 11 is 2.38. The van der Waals surface area contributed by atoms with Gasteiger partial charge in [0.15, 0.2) is 0 Å². The number of thioether (sulfide) groups is 1. The van der Waals surface area contributed by atoms with Crippen molar-refractivity contribution in [2.45, 2.75) is 24.0 Å². The molecule has 25 heavy (non-hydrogen) atoms. The van der Waals surface area contributed by atoms with E-state index in [-0.39, 0.29) is 10.6 Å². The van der Waals surface area contributed by atoms with Crippen LogP contribution in [0.1, 0.15) is 16.5 Å². The number of thiophene rings is 1. The van der Waals surface area contributed by atoms with E-state index in [2.05, 4.69) is 10.1 Å². The number of hydrogen-bond donors (Lipinski definition) is 1. The summed E-state index contributed by atoms with van der Waals surface area (Å²) in [5, 5.41) is 4.00. The van der Waals surface area contributed by atoms with Crippen LogP contribution in [0.2, 0.25) is 0 Å². The molecule has 1 N–H and O–H groups in total. The fourth-order valence-corrected chi connectivity index (χ4v) is 4.01. The molecule has 1 aromatic carbocycles. The third-order valence-corrected chi connectivity index (χ3v) is 5.45. The fourth-order valence-electron chi connectivity index (χ4n) is 2.19. The average Bonchev–Trinajstić information content (AvgIpc) is 3.11. The monoisotopic (exact) mass is 389 g/mol. The summed E-state index contributed by atoms with van der Waals surface area (Å²) < 4.78 is 44.8. The van der Waals surface area contributed by atoms with Gasteiger partial charge in [-0.2, -0.15) is 24.9 Å². The van der Waals surface area contributed by atoms with Gasteiger partial charge in [-0.05, 0) is 17.0 Å². The predicted molar refractivity (Wildman–Crippen MR) is 94.7 cm³/mol. The Labute approximate surface area is 152 Å². The van der Waals surface area contributed by atoms with Crippen LogP contribution in [0.4, 0.5) is 13.2 Å². The molecule has 0 saturated carbocycles. The van der Waals surface area contributed by atoms with Crippen molar-refractivity contribution in [2.75, 3.05) is 12.9 Å². The highest BCUT2D eigenvalue weighted by Gasteiger charge is 2.43. The van der Waals surface area contributed by atoms with Crippen molar-refractivity contribution >= 4 is 29.1 Å².